The first-order valence-corrected chi connectivity index (χ1v) is 12.8. The molecule has 2 aromatic rings. The maximum absolute atomic E-state index is 12.8. The maximum Gasteiger partial charge on any atom is 0.251 e. The zero-order chi connectivity index (χ0) is 20.8. The molecule has 1 amide bonds. The van der Waals surface area contributed by atoms with Crippen molar-refractivity contribution >= 4 is 29.4 Å². The highest BCUT2D eigenvalue weighted by atomic mass is 32.2. The van der Waals surface area contributed by atoms with Gasteiger partial charge in [0.25, 0.3) is 5.91 Å². The standard InChI is InChI=1S/C24H30N2O2S2/c1-28-21-11-9-18(10-12-21)22(26-13-3-2-4-14-26)17-25-23(27)19-5-7-20(8-6-19)24-29-15-16-30-24/h5-12,22,24H,2-4,13-17H2,1H3,(H,25,27)/t22-/m1/s1. The lowest BCUT2D eigenvalue weighted by Gasteiger charge is -2.35. The molecule has 0 unspecified atom stereocenters. The van der Waals surface area contributed by atoms with Crippen LogP contribution in [0.15, 0.2) is 48.5 Å². The number of amides is 1. The van der Waals surface area contributed by atoms with Gasteiger partial charge in [-0.1, -0.05) is 30.7 Å². The number of thioether (sulfide) groups is 2. The Morgan fingerprint density at radius 3 is 2.33 bits per heavy atom. The summed E-state index contributed by atoms with van der Waals surface area (Å²) < 4.78 is 5.83. The SMILES string of the molecule is COc1ccc([C@@H](CNC(=O)c2ccc(C3SCCS3)cc2)N2CCCCC2)cc1. The van der Waals surface area contributed by atoms with E-state index in [0.717, 1.165) is 24.4 Å². The fraction of sp³-hybridized carbons (Fsp3) is 0.458. The van der Waals surface area contributed by atoms with Crippen LogP contribution in [0.4, 0.5) is 0 Å². The molecule has 0 spiro atoms. The normalized spacial score (nSPS) is 18.8. The van der Waals surface area contributed by atoms with Crippen molar-refractivity contribution in [2.75, 3.05) is 38.2 Å². The number of carbonyl (C=O) groups excluding carboxylic acids is 1. The second-order valence-electron chi connectivity index (χ2n) is 7.79. The number of benzene rings is 2. The van der Waals surface area contributed by atoms with Crippen molar-refractivity contribution in [1.82, 2.24) is 10.2 Å². The lowest BCUT2D eigenvalue weighted by atomic mass is 10.0. The summed E-state index contributed by atoms with van der Waals surface area (Å²) in [5.41, 5.74) is 3.27. The Bertz CT molecular complexity index is 814. The third-order valence-corrected chi connectivity index (χ3v) is 8.96. The molecule has 2 aliphatic rings. The quantitative estimate of drug-likeness (QED) is 0.644. The van der Waals surface area contributed by atoms with Crippen LogP contribution >= 0.6 is 23.5 Å². The van der Waals surface area contributed by atoms with E-state index in [1.54, 1.807) is 7.11 Å². The predicted octanol–water partition coefficient (Wildman–Crippen LogP) is 5.13. The van der Waals surface area contributed by atoms with Gasteiger partial charge in [-0.2, -0.15) is 0 Å². The van der Waals surface area contributed by atoms with E-state index >= 15 is 0 Å². The van der Waals surface area contributed by atoms with Gasteiger partial charge < -0.3 is 10.1 Å². The summed E-state index contributed by atoms with van der Waals surface area (Å²) in [7, 11) is 1.69. The highest BCUT2D eigenvalue weighted by Gasteiger charge is 2.23. The molecular formula is C24H30N2O2S2. The molecule has 0 bridgehead atoms. The number of piperidine rings is 1. The van der Waals surface area contributed by atoms with Crippen molar-refractivity contribution in [3.05, 3.63) is 65.2 Å². The summed E-state index contributed by atoms with van der Waals surface area (Å²) in [5.74, 6) is 3.28. The molecule has 0 radical (unpaired) electrons. The molecule has 1 N–H and O–H groups in total. The van der Waals surface area contributed by atoms with Crippen molar-refractivity contribution in [2.45, 2.75) is 29.9 Å². The first kappa shape index (κ1) is 21.6. The van der Waals surface area contributed by atoms with Crippen molar-refractivity contribution in [2.24, 2.45) is 0 Å². The third kappa shape index (κ3) is 5.34. The number of ether oxygens (including phenoxy) is 1. The molecule has 2 aliphatic heterocycles. The Labute approximate surface area is 188 Å². The van der Waals surface area contributed by atoms with Crippen LogP contribution in [0.25, 0.3) is 0 Å². The monoisotopic (exact) mass is 442 g/mol. The topological polar surface area (TPSA) is 41.6 Å². The minimum Gasteiger partial charge on any atom is -0.497 e. The van der Waals surface area contributed by atoms with Crippen LogP contribution in [0.2, 0.25) is 0 Å². The minimum absolute atomic E-state index is 0.00352. The molecule has 4 nitrogen and oxygen atoms in total. The summed E-state index contributed by atoms with van der Waals surface area (Å²) >= 11 is 3.98. The Balaban J connectivity index is 1.42. The van der Waals surface area contributed by atoms with Gasteiger partial charge >= 0.3 is 0 Å². The van der Waals surface area contributed by atoms with Gasteiger partial charge in [-0.15, -0.1) is 23.5 Å². The van der Waals surface area contributed by atoms with Crippen molar-refractivity contribution in [3.63, 3.8) is 0 Å². The van der Waals surface area contributed by atoms with Gasteiger partial charge in [0.2, 0.25) is 0 Å². The van der Waals surface area contributed by atoms with Crippen LogP contribution in [0, 0.1) is 0 Å². The third-order valence-electron chi connectivity index (χ3n) is 5.85. The number of hydrogen-bond donors (Lipinski definition) is 1. The Morgan fingerprint density at radius 1 is 1.03 bits per heavy atom. The number of likely N-dealkylation sites (tertiary alicyclic amines) is 1. The summed E-state index contributed by atoms with van der Waals surface area (Å²) in [6, 6.07) is 16.6. The van der Waals surface area contributed by atoms with Gasteiger partial charge in [-0.05, 0) is 61.3 Å². The summed E-state index contributed by atoms with van der Waals surface area (Å²) in [5, 5.41) is 3.19. The van der Waals surface area contributed by atoms with Crippen LogP contribution in [0.5, 0.6) is 5.75 Å². The van der Waals surface area contributed by atoms with Crippen molar-refractivity contribution < 1.29 is 9.53 Å². The number of rotatable bonds is 7. The Hall–Kier alpha value is -1.63. The summed E-state index contributed by atoms with van der Waals surface area (Å²) in [6.45, 7) is 2.78. The van der Waals surface area contributed by atoms with E-state index in [1.165, 1.54) is 41.9 Å². The van der Waals surface area contributed by atoms with E-state index in [4.69, 9.17) is 4.74 Å². The highest BCUT2D eigenvalue weighted by molar-refractivity contribution is 8.19. The summed E-state index contributed by atoms with van der Waals surface area (Å²) in [6.07, 6.45) is 3.74. The van der Waals surface area contributed by atoms with E-state index in [-0.39, 0.29) is 11.9 Å². The van der Waals surface area contributed by atoms with Crippen LogP contribution in [-0.4, -0.2) is 49.1 Å². The zero-order valence-electron chi connectivity index (χ0n) is 17.5. The zero-order valence-corrected chi connectivity index (χ0v) is 19.1. The minimum atomic E-state index is 0.00352. The molecule has 160 valence electrons. The van der Waals surface area contributed by atoms with Crippen LogP contribution < -0.4 is 10.1 Å². The van der Waals surface area contributed by atoms with Crippen molar-refractivity contribution in [3.8, 4) is 5.75 Å². The molecule has 0 saturated carbocycles. The number of carbonyl (C=O) groups is 1. The lowest BCUT2D eigenvalue weighted by Crippen LogP contribution is -2.40. The van der Waals surface area contributed by atoms with Gasteiger partial charge in [0, 0.05) is 23.6 Å². The van der Waals surface area contributed by atoms with E-state index in [9.17, 15) is 4.79 Å². The molecule has 1 atom stereocenters. The maximum atomic E-state index is 12.8. The molecule has 0 aliphatic carbocycles. The number of nitrogens with one attached hydrogen (secondary N) is 1. The second kappa shape index (κ2) is 10.6. The average Bonchev–Trinajstić information content (AvgIpc) is 3.35. The number of hydrogen-bond acceptors (Lipinski definition) is 5. The largest absolute Gasteiger partial charge is 0.497 e. The number of methoxy groups -OCH3 is 1. The first-order chi connectivity index (χ1) is 14.7. The van der Waals surface area contributed by atoms with Gasteiger partial charge in [0.05, 0.1) is 17.7 Å². The predicted molar refractivity (Wildman–Crippen MR) is 128 cm³/mol. The van der Waals surface area contributed by atoms with Gasteiger partial charge in [-0.3, -0.25) is 9.69 Å². The molecule has 4 rings (SSSR count). The van der Waals surface area contributed by atoms with Crippen LogP contribution in [0.1, 0.15) is 51.4 Å². The van der Waals surface area contributed by atoms with Crippen molar-refractivity contribution in [1.29, 1.82) is 0 Å². The van der Waals surface area contributed by atoms with E-state index < -0.39 is 0 Å². The lowest BCUT2D eigenvalue weighted by molar-refractivity contribution is 0.0924. The van der Waals surface area contributed by atoms with Crippen LogP contribution in [0.3, 0.4) is 0 Å². The van der Waals surface area contributed by atoms with E-state index in [2.05, 4.69) is 34.5 Å². The van der Waals surface area contributed by atoms with Gasteiger partial charge in [0.1, 0.15) is 5.75 Å². The molecule has 30 heavy (non-hydrogen) atoms. The fourth-order valence-corrected chi connectivity index (χ4v) is 7.01. The Morgan fingerprint density at radius 2 is 1.70 bits per heavy atom. The molecule has 2 aromatic carbocycles. The van der Waals surface area contributed by atoms with Gasteiger partial charge in [0.15, 0.2) is 0 Å². The molecular weight excluding hydrogens is 412 g/mol. The number of nitrogens with zero attached hydrogens (tertiary/aromatic N) is 1. The smallest absolute Gasteiger partial charge is 0.251 e. The average molecular weight is 443 g/mol. The molecule has 2 fully saturated rings. The molecule has 2 heterocycles. The molecule has 6 heteroatoms. The molecule has 0 aromatic heterocycles. The van der Waals surface area contributed by atoms with E-state index in [0.29, 0.717) is 11.1 Å². The van der Waals surface area contributed by atoms with Gasteiger partial charge in [-0.25, -0.2) is 0 Å². The summed E-state index contributed by atoms with van der Waals surface area (Å²) in [4.78, 5) is 15.3. The molecule has 2 saturated heterocycles. The van der Waals surface area contributed by atoms with Crippen LogP contribution in [-0.2, 0) is 0 Å². The first-order valence-electron chi connectivity index (χ1n) is 10.7. The van der Waals surface area contributed by atoms with E-state index in [1.807, 2.05) is 47.8 Å². The highest BCUT2D eigenvalue weighted by Crippen LogP contribution is 2.45. The fourth-order valence-electron chi connectivity index (χ4n) is 4.15. The second-order valence-corrected chi connectivity index (χ2v) is 10.5. The Kier molecular flexibility index (Phi) is 7.63.